The Balaban J connectivity index is 2.12. The van der Waals surface area contributed by atoms with E-state index in [2.05, 4.69) is 5.32 Å². The van der Waals surface area contributed by atoms with Gasteiger partial charge in [-0.05, 0) is 36.4 Å². The van der Waals surface area contributed by atoms with Gasteiger partial charge in [0.2, 0.25) is 5.91 Å². The zero-order chi connectivity index (χ0) is 16.1. The van der Waals surface area contributed by atoms with Gasteiger partial charge in [-0.3, -0.25) is 4.79 Å². The Morgan fingerprint density at radius 1 is 1.18 bits per heavy atom. The van der Waals surface area contributed by atoms with Crippen LogP contribution in [0.4, 0.5) is 10.1 Å². The molecule has 0 unspecified atom stereocenters. The number of nitrogens with one attached hydrogen (secondary N) is 1. The number of benzene rings is 2. The first-order chi connectivity index (χ1) is 10.5. The summed E-state index contributed by atoms with van der Waals surface area (Å²) in [6, 6.07) is 9.22. The molecule has 0 spiro atoms. The third kappa shape index (κ3) is 3.89. The van der Waals surface area contributed by atoms with E-state index in [0.717, 1.165) is 0 Å². The Hall–Kier alpha value is -2.27. The molecule has 2 aromatic carbocycles. The lowest BCUT2D eigenvalue weighted by atomic mass is 10.1. The second kappa shape index (κ2) is 7.13. The molecule has 0 atom stereocenters. The first kappa shape index (κ1) is 16.1. The number of ether oxygens (including phenoxy) is 2. The maximum Gasteiger partial charge on any atom is 0.228 e. The lowest BCUT2D eigenvalue weighted by Crippen LogP contribution is -2.15. The Morgan fingerprint density at radius 3 is 2.59 bits per heavy atom. The molecule has 0 heterocycles. The summed E-state index contributed by atoms with van der Waals surface area (Å²) in [5.41, 5.74) is 1.12. The molecule has 6 heteroatoms. The number of amides is 1. The zero-order valence-corrected chi connectivity index (χ0v) is 12.9. The Morgan fingerprint density at radius 2 is 1.95 bits per heavy atom. The van der Waals surface area contributed by atoms with E-state index >= 15 is 0 Å². The molecule has 2 rings (SSSR count). The maximum absolute atomic E-state index is 13.1. The third-order valence-corrected chi connectivity index (χ3v) is 3.33. The molecule has 0 saturated heterocycles. The summed E-state index contributed by atoms with van der Waals surface area (Å²) in [4.78, 5) is 12.1. The lowest BCUT2D eigenvalue weighted by Gasteiger charge is -2.11. The van der Waals surface area contributed by atoms with Crippen LogP contribution in [0.15, 0.2) is 36.4 Å². The summed E-state index contributed by atoms with van der Waals surface area (Å²) in [5, 5.41) is 2.62. The van der Waals surface area contributed by atoms with E-state index in [4.69, 9.17) is 21.1 Å². The number of halogens is 2. The molecule has 0 aliphatic rings. The van der Waals surface area contributed by atoms with Crippen molar-refractivity contribution in [3.8, 4) is 11.5 Å². The third-order valence-electron chi connectivity index (χ3n) is 3.04. The number of rotatable bonds is 5. The number of hydrogen-bond acceptors (Lipinski definition) is 3. The zero-order valence-electron chi connectivity index (χ0n) is 12.2. The maximum atomic E-state index is 13.1. The summed E-state index contributed by atoms with van der Waals surface area (Å²) in [6.07, 6.45) is 0.0926. The second-order valence-corrected chi connectivity index (χ2v) is 4.94. The van der Waals surface area contributed by atoms with Crippen LogP contribution in [0.3, 0.4) is 0 Å². The quantitative estimate of drug-likeness (QED) is 0.913. The number of hydrogen-bond donors (Lipinski definition) is 1. The Labute approximate surface area is 132 Å². The molecule has 1 amide bonds. The van der Waals surface area contributed by atoms with Crippen LogP contribution < -0.4 is 14.8 Å². The molecule has 0 aromatic heterocycles. The highest BCUT2D eigenvalue weighted by atomic mass is 35.5. The van der Waals surface area contributed by atoms with E-state index in [1.54, 1.807) is 25.3 Å². The molecule has 0 aliphatic carbocycles. The summed E-state index contributed by atoms with van der Waals surface area (Å²) in [6.45, 7) is 0. The molecule has 22 heavy (non-hydrogen) atoms. The van der Waals surface area contributed by atoms with Crippen molar-refractivity contribution in [2.45, 2.75) is 6.42 Å². The van der Waals surface area contributed by atoms with Gasteiger partial charge in [0.1, 0.15) is 17.3 Å². The molecular formula is C16H15ClFNO3. The van der Waals surface area contributed by atoms with Gasteiger partial charge >= 0.3 is 0 Å². The van der Waals surface area contributed by atoms with Gasteiger partial charge in [0.05, 0.1) is 25.7 Å². The second-order valence-electron chi connectivity index (χ2n) is 4.53. The first-order valence-corrected chi connectivity index (χ1v) is 6.87. The van der Waals surface area contributed by atoms with Crippen molar-refractivity contribution in [3.63, 3.8) is 0 Å². The van der Waals surface area contributed by atoms with Gasteiger partial charge in [0.15, 0.2) is 0 Å². The standard InChI is InChI=1S/C16H15ClFNO3/c1-21-12-4-6-15(22-2)10(7-12)8-16(20)19-11-3-5-14(18)13(17)9-11/h3-7,9H,8H2,1-2H3,(H,19,20). The minimum atomic E-state index is -0.533. The minimum Gasteiger partial charge on any atom is -0.497 e. The van der Waals surface area contributed by atoms with Gasteiger partial charge < -0.3 is 14.8 Å². The summed E-state index contributed by atoms with van der Waals surface area (Å²) in [5.74, 6) is 0.421. The minimum absolute atomic E-state index is 0.0447. The molecule has 1 N–H and O–H groups in total. The largest absolute Gasteiger partial charge is 0.497 e. The van der Waals surface area contributed by atoms with Crippen molar-refractivity contribution in [2.75, 3.05) is 19.5 Å². The van der Waals surface area contributed by atoms with Crippen molar-refractivity contribution in [3.05, 3.63) is 52.8 Å². The molecule has 2 aromatic rings. The average Bonchev–Trinajstić information content (AvgIpc) is 2.50. The van der Waals surface area contributed by atoms with Gasteiger partial charge in [-0.15, -0.1) is 0 Å². The van der Waals surface area contributed by atoms with E-state index in [9.17, 15) is 9.18 Å². The Kier molecular flexibility index (Phi) is 5.22. The van der Waals surface area contributed by atoms with Crippen LogP contribution in [-0.2, 0) is 11.2 Å². The fourth-order valence-corrected chi connectivity index (χ4v) is 2.15. The van der Waals surface area contributed by atoms with Gasteiger partial charge in [-0.1, -0.05) is 11.6 Å². The lowest BCUT2D eigenvalue weighted by molar-refractivity contribution is -0.115. The van der Waals surface area contributed by atoms with Crippen molar-refractivity contribution < 1.29 is 18.7 Å². The highest BCUT2D eigenvalue weighted by Crippen LogP contribution is 2.25. The average molecular weight is 324 g/mol. The molecule has 0 bridgehead atoms. The predicted molar refractivity (Wildman–Crippen MR) is 83.3 cm³/mol. The SMILES string of the molecule is COc1ccc(OC)c(CC(=O)Nc2ccc(F)c(Cl)c2)c1. The van der Waals surface area contributed by atoms with Crippen LogP contribution in [-0.4, -0.2) is 20.1 Å². The summed E-state index contributed by atoms with van der Waals surface area (Å²) < 4.78 is 23.5. The van der Waals surface area contributed by atoms with E-state index in [1.807, 2.05) is 0 Å². The fraction of sp³-hybridized carbons (Fsp3) is 0.188. The van der Waals surface area contributed by atoms with Crippen molar-refractivity contribution in [1.29, 1.82) is 0 Å². The fourth-order valence-electron chi connectivity index (χ4n) is 1.97. The topological polar surface area (TPSA) is 47.6 Å². The predicted octanol–water partition coefficient (Wildman–Crippen LogP) is 3.68. The van der Waals surface area contributed by atoms with Crippen LogP contribution in [0, 0.1) is 5.82 Å². The van der Waals surface area contributed by atoms with Gasteiger partial charge in [0.25, 0.3) is 0 Å². The highest BCUT2D eigenvalue weighted by Gasteiger charge is 2.11. The smallest absolute Gasteiger partial charge is 0.228 e. The number of anilines is 1. The Bertz CT molecular complexity index is 691. The molecular weight excluding hydrogens is 309 g/mol. The van der Waals surface area contributed by atoms with E-state index in [1.165, 1.54) is 25.3 Å². The molecule has 0 aliphatic heterocycles. The molecule has 0 fully saturated rings. The van der Waals surface area contributed by atoms with Crippen LogP contribution in [0.1, 0.15) is 5.56 Å². The normalized spacial score (nSPS) is 10.2. The molecule has 4 nitrogen and oxygen atoms in total. The summed E-state index contributed by atoms with van der Waals surface area (Å²) >= 11 is 5.68. The molecule has 116 valence electrons. The van der Waals surface area contributed by atoms with Crippen LogP contribution >= 0.6 is 11.6 Å². The monoisotopic (exact) mass is 323 g/mol. The van der Waals surface area contributed by atoms with Crippen molar-refractivity contribution >= 4 is 23.2 Å². The van der Waals surface area contributed by atoms with Crippen LogP contribution in [0.2, 0.25) is 5.02 Å². The molecule has 0 saturated carbocycles. The van der Waals surface area contributed by atoms with E-state index < -0.39 is 5.82 Å². The molecule has 0 radical (unpaired) electrons. The number of methoxy groups -OCH3 is 2. The van der Waals surface area contributed by atoms with E-state index in [-0.39, 0.29) is 17.4 Å². The highest BCUT2D eigenvalue weighted by molar-refractivity contribution is 6.31. The number of carbonyl (C=O) groups excluding carboxylic acids is 1. The van der Waals surface area contributed by atoms with Gasteiger partial charge in [-0.2, -0.15) is 0 Å². The first-order valence-electron chi connectivity index (χ1n) is 6.49. The van der Waals surface area contributed by atoms with E-state index in [0.29, 0.717) is 22.7 Å². The van der Waals surface area contributed by atoms with Gasteiger partial charge in [-0.25, -0.2) is 4.39 Å². The van der Waals surface area contributed by atoms with Crippen molar-refractivity contribution in [1.82, 2.24) is 0 Å². The van der Waals surface area contributed by atoms with Crippen molar-refractivity contribution in [2.24, 2.45) is 0 Å². The van der Waals surface area contributed by atoms with Crippen LogP contribution in [0.5, 0.6) is 11.5 Å². The van der Waals surface area contributed by atoms with Crippen LogP contribution in [0.25, 0.3) is 0 Å². The van der Waals surface area contributed by atoms with Gasteiger partial charge in [0, 0.05) is 11.3 Å². The summed E-state index contributed by atoms with van der Waals surface area (Å²) in [7, 11) is 3.08. The number of carbonyl (C=O) groups is 1.